The Morgan fingerprint density at radius 3 is 2.04 bits per heavy atom. The summed E-state index contributed by atoms with van der Waals surface area (Å²) in [5.74, 6) is -0.708. The molecule has 0 radical (unpaired) electrons. The Labute approximate surface area is 152 Å². The number of nitriles is 1. The highest BCUT2D eigenvalue weighted by Crippen LogP contribution is 2.25. The quantitative estimate of drug-likeness (QED) is 0.587. The minimum Gasteiger partial charge on any atom is -0.399 e. The van der Waals surface area contributed by atoms with E-state index >= 15 is 0 Å². The van der Waals surface area contributed by atoms with Gasteiger partial charge >= 0.3 is 0 Å². The van der Waals surface area contributed by atoms with E-state index in [0.29, 0.717) is 32.8 Å². The van der Waals surface area contributed by atoms with E-state index in [1.54, 1.807) is 48.0 Å². The second-order valence-corrected chi connectivity index (χ2v) is 6.04. The molecule has 4 N–H and O–H groups in total. The van der Waals surface area contributed by atoms with Crippen molar-refractivity contribution >= 4 is 27.3 Å². The van der Waals surface area contributed by atoms with Gasteiger partial charge in [-0.3, -0.25) is 0 Å². The van der Waals surface area contributed by atoms with Gasteiger partial charge in [-0.05, 0) is 64.5 Å². The SMILES string of the molecule is Cn1c(C#N)ccc1-c1ccc(N)cc1F.Nc1ccc(Br)c(F)c1. The average Bonchev–Trinajstić information content (AvgIpc) is 2.93. The van der Waals surface area contributed by atoms with Crippen LogP contribution in [0, 0.1) is 23.0 Å². The maximum Gasteiger partial charge on any atom is 0.139 e. The van der Waals surface area contributed by atoms with Crippen molar-refractivity contribution in [3.8, 4) is 17.3 Å². The zero-order chi connectivity index (χ0) is 18.6. The third kappa shape index (κ3) is 4.37. The largest absolute Gasteiger partial charge is 0.399 e. The lowest BCUT2D eigenvalue weighted by molar-refractivity contribution is 0.622. The highest BCUT2D eigenvalue weighted by atomic mass is 79.9. The lowest BCUT2D eigenvalue weighted by Gasteiger charge is -2.06. The molecule has 0 aliphatic heterocycles. The maximum atomic E-state index is 13.7. The molecule has 25 heavy (non-hydrogen) atoms. The van der Waals surface area contributed by atoms with Gasteiger partial charge in [-0.15, -0.1) is 0 Å². The average molecular weight is 405 g/mol. The number of nitrogens with two attached hydrogens (primary N) is 2. The van der Waals surface area contributed by atoms with Gasteiger partial charge in [0.2, 0.25) is 0 Å². The van der Waals surface area contributed by atoms with E-state index in [-0.39, 0.29) is 11.6 Å². The van der Waals surface area contributed by atoms with Crippen LogP contribution in [0.15, 0.2) is 53.0 Å². The number of hydrogen-bond donors (Lipinski definition) is 2. The summed E-state index contributed by atoms with van der Waals surface area (Å²) in [5.41, 5.74) is 13.2. The standard InChI is InChI=1S/C12H10FN3.C6H5BrFN/c1-16-9(7-14)3-5-12(16)10-4-2-8(15)6-11(10)13;7-5-2-1-4(9)3-6(5)8/h2-6H,15H2,1H3;1-3H,9H2. The molecule has 2 aromatic carbocycles. The van der Waals surface area contributed by atoms with Gasteiger partial charge in [0.15, 0.2) is 0 Å². The van der Waals surface area contributed by atoms with Gasteiger partial charge in [-0.2, -0.15) is 5.26 Å². The molecule has 0 fully saturated rings. The van der Waals surface area contributed by atoms with Crippen molar-refractivity contribution in [3.05, 3.63) is 70.3 Å². The molecule has 0 saturated carbocycles. The van der Waals surface area contributed by atoms with Crippen molar-refractivity contribution in [1.82, 2.24) is 4.57 Å². The van der Waals surface area contributed by atoms with Crippen LogP contribution in [0.5, 0.6) is 0 Å². The molecule has 0 atom stereocenters. The Bertz CT molecular complexity index is 945. The number of anilines is 2. The summed E-state index contributed by atoms with van der Waals surface area (Å²) >= 11 is 3.00. The summed E-state index contributed by atoms with van der Waals surface area (Å²) in [7, 11) is 1.73. The Hall–Kier alpha value is -2.85. The van der Waals surface area contributed by atoms with Crippen LogP contribution in [0.1, 0.15) is 5.69 Å². The van der Waals surface area contributed by atoms with Crippen LogP contribution in [0.4, 0.5) is 20.2 Å². The van der Waals surface area contributed by atoms with Crippen LogP contribution in [0.3, 0.4) is 0 Å². The number of benzene rings is 2. The van der Waals surface area contributed by atoms with E-state index in [0.717, 1.165) is 0 Å². The van der Waals surface area contributed by atoms with Crippen molar-refractivity contribution in [3.63, 3.8) is 0 Å². The van der Waals surface area contributed by atoms with E-state index in [1.165, 1.54) is 12.1 Å². The third-order valence-electron chi connectivity index (χ3n) is 3.45. The minimum atomic E-state index is -0.384. The fraction of sp³-hybridized carbons (Fsp3) is 0.0556. The fourth-order valence-corrected chi connectivity index (χ4v) is 2.39. The minimum absolute atomic E-state index is 0.324. The zero-order valence-electron chi connectivity index (χ0n) is 13.3. The molecule has 3 aromatic rings. The summed E-state index contributed by atoms with van der Waals surface area (Å²) in [6.07, 6.45) is 0. The fourth-order valence-electron chi connectivity index (χ4n) is 2.15. The predicted octanol–water partition coefficient (Wildman–Crippen LogP) is 4.46. The van der Waals surface area contributed by atoms with E-state index in [1.807, 2.05) is 6.07 Å². The number of hydrogen-bond acceptors (Lipinski definition) is 3. The molecule has 0 spiro atoms. The number of nitrogens with zero attached hydrogens (tertiary/aromatic N) is 2. The molecule has 0 bridgehead atoms. The van der Waals surface area contributed by atoms with Gasteiger partial charge in [0.05, 0.1) is 10.2 Å². The van der Waals surface area contributed by atoms with Crippen LogP contribution in [0.25, 0.3) is 11.3 Å². The van der Waals surface area contributed by atoms with Gasteiger partial charge in [-0.25, -0.2) is 8.78 Å². The second-order valence-electron chi connectivity index (χ2n) is 5.19. The summed E-state index contributed by atoms with van der Waals surface area (Å²) in [6.45, 7) is 0. The van der Waals surface area contributed by atoms with Crippen molar-refractivity contribution < 1.29 is 8.78 Å². The first-order valence-corrected chi connectivity index (χ1v) is 7.94. The molecule has 4 nitrogen and oxygen atoms in total. The van der Waals surface area contributed by atoms with Gasteiger partial charge in [0, 0.05) is 24.0 Å². The van der Waals surface area contributed by atoms with E-state index in [4.69, 9.17) is 16.7 Å². The molecular formula is C18H15BrF2N4. The highest BCUT2D eigenvalue weighted by molar-refractivity contribution is 9.10. The van der Waals surface area contributed by atoms with Gasteiger partial charge in [0.1, 0.15) is 23.4 Å². The van der Waals surface area contributed by atoms with Crippen LogP contribution in [-0.2, 0) is 7.05 Å². The molecule has 0 unspecified atom stereocenters. The molecule has 0 aliphatic carbocycles. The van der Waals surface area contributed by atoms with Crippen molar-refractivity contribution in [2.75, 3.05) is 11.5 Å². The first-order chi connectivity index (χ1) is 11.8. The monoisotopic (exact) mass is 404 g/mol. The molecule has 7 heteroatoms. The highest BCUT2D eigenvalue weighted by Gasteiger charge is 2.10. The van der Waals surface area contributed by atoms with E-state index < -0.39 is 0 Å². The maximum absolute atomic E-state index is 13.7. The number of halogens is 3. The second kappa shape index (κ2) is 7.81. The van der Waals surface area contributed by atoms with Gasteiger partial charge < -0.3 is 16.0 Å². The molecular weight excluding hydrogens is 390 g/mol. The van der Waals surface area contributed by atoms with Crippen LogP contribution in [-0.4, -0.2) is 4.57 Å². The van der Waals surface area contributed by atoms with E-state index in [2.05, 4.69) is 15.9 Å². The zero-order valence-corrected chi connectivity index (χ0v) is 14.9. The first-order valence-electron chi connectivity index (χ1n) is 7.15. The topological polar surface area (TPSA) is 80.8 Å². The van der Waals surface area contributed by atoms with Crippen molar-refractivity contribution in [1.29, 1.82) is 5.26 Å². The normalized spacial score (nSPS) is 9.88. The van der Waals surface area contributed by atoms with Gasteiger partial charge in [0.25, 0.3) is 0 Å². The predicted molar refractivity (Wildman–Crippen MR) is 98.4 cm³/mol. The Morgan fingerprint density at radius 1 is 0.960 bits per heavy atom. The molecule has 1 aromatic heterocycles. The van der Waals surface area contributed by atoms with Crippen LogP contribution < -0.4 is 11.5 Å². The number of nitrogen functional groups attached to an aromatic ring is 2. The van der Waals surface area contributed by atoms with Crippen molar-refractivity contribution in [2.24, 2.45) is 7.05 Å². The molecule has 0 amide bonds. The lowest BCUT2D eigenvalue weighted by atomic mass is 10.1. The summed E-state index contributed by atoms with van der Waals surface area (Å²) < 4.78 is 28.2. The smallest absolute Gasteiger partial charge is 0.139 e. The lowest BCUT2D eigenvalue weighted by Crippen LogP contribution is -1.97. The molecule has 3 rings (SSSR count). The number of aromatic nitrogens is 1. The molecule has 0 saturated heterocycles. The van der Waals surface area contributed by atoms with Gasteiger partial charge in [-0.1, -0.05) is 0 Å². The Morgan fingerprint density at radius 2 is 1.56 bits per heavy atom. The molecule has 128 valence electrons. The van der Waals surface area contributed by atoms with Crippen LogP contribution >= 0.6 is 15.9 Å². The van der Waals surface area contributed by atoms with E-state index in [9.17, 15) is 8.78 Å². The summed E-state index contributed by atoms with van der Waals surface area (Å²) in [4.78, 5) is 0. The molecule has 1 heterocycles. The van der Waals surface area contributed by atoms with Crippen molar-refractivity contribution in [2.45, 2.75) is 0 Å². The Balaban J connectivity index is 0.000000212. The summed E-state index contributed by atoms with van der Waals surface area (Å²) in [5, 5.41) is 8.81. The van der Waals surface area contributed by atoms with Crippen LogP contribution in [0.2, 0.25) is 0 Å². The molecule has 0 aliphatic rings. The first kappa shape index (κ1) is 18.5. The number of rotatable bonds is 1. The summed E-state index contributed by atoms with van der Waals surface area (Å²) in [6, 6.07) is 14.4. The Kier molecular flexibility index (Phi) is 5.78. The third-order valence-corrected chi connectivity index (χ3v) is 4.09.